The van der Waals surface area contributed by atoms with E-state index in [0.717, 1.165) is 5.56 Å². The topological polar surface area (TPSA) is 29.1 Å². The highest BCUT2D eigenvalue weighted by Crippen LogP contribution is 2.21. The van der Waals surface area contributed by atoms with Crippen molar-refractivity contribution >= 4 is 40.4 Å². The first-order valence-corrected chi connectivity index (χ1v) is 6.50. The molecule has 88 valence electrons. The fraction of sp³-hybridized carbons (Fsp3) is 0.0833. The molecule has 0 aliphatic rings. The highest BCUT2D eigenvalue weighted by atomic mass is 35.5. The number of benzene rings is 1. The average Bonchev–Trinajstić information content (AvgIpc) is 2.75. The van der Waals surface area contributed by atoms with Gasteiger partial charge in [0.2, 0.25) is 0 Å². The zero-order chi connectivity index (χ0) is 12.3. The molecule has 1 aromatic heterocycles. The van der Waals surface area contributed by atoms with Crippen LogP contribution in [0.25, 0.3) is 0 Å². The number of nitrogens with one attached hydrogen (secondary N) is 1. The lowest BCUT2D eigenvalue weighted by atomic mass is 10.2. The molecule has 2 nitrogen and oxygen atoms in total. The van der Waals surface area contributed by atoms with Crippen LogP contribution < -0.4 is 5.32 Å². The molecule has 2 rings (SSSR count). The van der Waals surface area contributed by atoms with Crippen molar-refractivity contribution in [3.05, 3.63) is 56.2 Å². The second-order valence-electron chi connectivity index (χ2n) is 3.41. The van der Waals surface area contributed by atoms with Gasteiger partial charge in [0.15, 0.2) is 0 Å². The number of hydrogen-bond donors (Lipinski definition) is 1. The largest absolute Gasteiger partial charge is 0.347 e. The Morgan fingerprint density at radius 1 is 1.12 bits per heavy atom. The molecule has 1 amide bonds. The summed E-state index contributed by atoms with van der Waals surface area (Å²) in [5.74, 6) is -0.114. The molecule has 0 aliphatic heterocycles. The maximum atomic E-state index is 11.7. The Morgan fingerprint density at radius 3 is 2.41 bits per heavy atom. The van der Waals surface area contributed by atoms with Crippen molar-refractivity contribution in [3.63, 3.8) is 0 Å². The molecular weight excluding hydrogens is 277 g/mol. The summed E-state index contributed by atoms with van der Waals surface area (Å²) in [6.07, 6.45) is 0. The van der Waals surface area contributed by atoms with E-state index >= 15 is 0 Å². The summed E-state index contributed by atoms with van der Waals surface area (Å²) in [5, 5.41) is 3.50. The maximum Gasteiger partial charge on any atom is 0.261 e. The van der Waals surface area contributed by atoms with Gasteiger partial charge in [-0.05, 0) is 29.8 Å². The standard InChI is InChI=1S/C12H9Cl2NOS/c13-9-3-1-8(2-4-9)7-15-12(16)10-5-6-11(14)17-10/h1-6H,7H2,(H,15,16). The van der Waals surface area contributed by atoms with Crippen LogP contribution in [0.5, 0.6) is 0 Å². The molecule has 0 bridgehead atoms. The summed E-state index contributed by atoms with van der Waals surface area (Å²) in [4.78, 5) is 12.3. The minimum absolute atomic E-state index is 0.114. The first-order valence-electron chi connectivity index (χ1n) is 4.93. The molecule has 0 saturated carbocycles. The second kappa shape index (κ2) is 5.54. The van der Waals surface area contributed by atoms with Crippen LogP contribution in [-0.2, 0) is 6.54 Å². The maximum absolute atomic E-state index is 11.7. The van der Waals surface area contributed by atoms with Gasteiger partial charge >= 0.3 is 0 Å². The number of rotatable bonds is 3. The minimum atomic E-state index is -0.114. The molecule has 1 N–H and O–H groups in total. The third-order valence-corrected chi connectivity index (χ3v) is 3.65. The average molecular weight is 286 g/mol. The predicted molar refractivity (Wildman–Crippen MR) is 72.0 cm³/mol. The minimum Gasteiger partial charge on any atom is -0.347 e. The summed E-state index contributed by atoms with van der Waals surface area (Å²) in [6.45, 7) is 0.478. The van der Waals surface area contributed by atoms with Crippen LogP contribution in [0.4, 0.5) is 0 Å². The Bertz CT molecular complexity index is 522. The lowest BCUT2D eigenvalue weighted by molar-refractivity contribution is 0.0955. The van der Waals surface area contributed by atoms with E-state index in [1.54, 1.807) is 24.3 Å². The lowest BCUT2D eigenvalue weighted by Crippen LogP contribution is -2.21. The van der Waals surface area contributed by atoms with Crippen LogP contribution >= 0.6 is 34.5 Å². The Morgan fingerprint density at radius 2 is 1.82 bits per heavy atom. The summed E-state index contributed by atoms with van der Waals surface area (Å²) >= 11 is 12.8. The van der Waals surface area contributed by atoms with Gasteiger partial charge in [-0.15, -0.1) is 11.3 Å². The molecule has 17 heavy (non-hydrogen) atoms. The van der Waals surface area contributed by atoms with Gasteiger partial charge in [-0.2, -0.15) is 0 Å². The van der Waals surface area contributed by atoms with Crippen molar-refractivity contribution in [2.45, 2.75) is 6.54 Å². The SMILES string of the molecule is O=C(NCc1ccc(Cl)cc1)c1ccc(Cl)s1. The van der Waals surface area contributed by atoms with E-state index in [1.165, 1.54) is 11.3 Å². The summed E-state index contributed by atoms with van der Waals surface area (Å²) in [7, 11) is 0. The summed E-state index contributed by atoms with van der Waals surface area (Å²) in [5.41, 5.74) is 1.01. The molecule has 0 unspecified atom stereocenters. The number of carbonyl (C=O) groups excluding carboxylic acids is 1. The monoisotopic (exact) mass is 285 g/mol. The van der Waals surface area contributed by atoms with E-state index in [4.69, 9.17) is 23.2 Å². The number of amides is 1. The van der Waals surface area contributed by atoms with Gasteiger partial charge < -0.3 is 5.32 Å². The van der Waals surface area contributed by atoms with Crippen molar-refractivity contribution in [1.29, 1.82) is 0 Å². The molecule has 0 spiro atoms. The molecule has 0 saturated heterocycles. The van der Waals surface area contributed by atoms with Crippen LogP contribution in [0.3, 0.4) is 0 Å². The first-order chi connectivity index (χ1) is 8.15. The molecule has 0 aliphatic carbocycles. The molecule has 0 radical (unpaired) electrons. The van der Waals surface area contributed by atoms with E-state index in [-0.39, 0.29) is 5.91 Å². The van der Waals surface area contributed by atoms with Gasteiger partial charge in [0.05, 0.1) is 9.21 Å². The first kappa shape index (κ1) is 12.4. The van der Waals surface area contributed by atoms with Crippen LogP contribution in [0, 0.1) is 0 Å². The third kappa shape index (κ3) is 3.46. The second-order valence-corrected chi connectivity index (χ2v) is 5.56. The fourth-order valence-electron chi connectivity index (χ4n) is 1.31. The van der Waals surface area contributed by atoms with Gasteiger partial charge in [0.25, 0.3) is 5.91 Å². The number of halogens is 2. The van der Waals surface area contributed by atoms with Crippen LogP contribution in [0.15, 0.2) is 36.4 Å². The van der Waals surface area contributed by atoms with E-state index < -0.39 is 0 Å². The third-order valence-electron chi connectivity index (χ3n) is 2.16. The Kier molecular flexibility index (Phi) is 4.05. The van der Waals surface area contributed by atoms with Crippen LogP contribution in [0.2, 0.25) is 9.36 Å². The summed E-state index contributed by atoms with van der Waals surface area (Å²) < 4.78 is 0.613. The Labute approximate surface area is 113 Å². The van der Waals surface area contributed by atoms with Crippen molar-refractivity contribution in [2.75, 3.05) is 0 Å². The highest BCUT2D eigenvalue weighted by molar-refractivity contribution is 7.17. The predicted octanol–water partition coefficient (Wildman–Crippen LogP) is 3.98. The van der Waals surface area contributed by atoms with Gasteiger partial charge in [-0.1, -0.05) is 35.3 Å². The normalized spacial score (nSPS) is 10.2. The number of thiophene rings is 1. The fourth-order valence-corrected chi connectivity index (χ4v) is 2.39. The van der Waals surface area contributed by atoms with E-state index in [9.17, 15) is 4.79 Å². The number of carbonyl (C=O) groups is 1. The lowest BCUT2D eigenvalue weighted by Gasteiger charge is -2.03. The van der Waals surface area contributed by atoms with Gasteiger partial charge in [0.1, 0.15) is 0 Å². The van der Waals surface area contributed by atoms with Crippen LogP contribution in [0.1, 0.15) is 15.2 Å². The quantitative estimate of drug-likeness (QED) is 0.908. The molecule has 5 heteroatoms. The number of hydrogen-bond acceptors (Lipinski definition) is 2. The van der Waals surface area contributed by atoms with Crippen LogP contribution in [-0.4, -0.2) is 5.91 Å². The van der Waals surface area contributed by atoms with Crippen molar-refractivity contribution < 1.29 is 4.79 Å². The van der Waals surface area contributed by atoms with Gasteiger partial charge in [0, 0.05) is 11.6 Å². The molecule has 2 aromatic rings. The molecule has 0 fully saturated rings. The zero-order valence-electron chi connectivity index (χ0n) is 8.74. The Hall–Kier alpha value is -1.03. The van der Waals surface area contributed by atoms with Crippen molar-refractivity contribution in [2.24, 2.45) is 0 Å². The smallest absolute Gasteiger partial charge is 0.261 e. The van der Waals surface area contributed by atoms with Gasteiger partial charge in [-0.3, -0.25) is 4.79 Å². The highest BCUT2D eigenvalue weighted by Gasteiger charge is 2.07. The van der Waals surface area contributed by atoms with Crippen molar-refractivity contribution in [1.82, 2.24) is 5.32 Å². The molecular formula is C12H9Cl2NOS. The van der Waals surface area contributed by atoms with Gasteiger partial charge in [-0.25, -0.2) is 0 Å². The molecule has 1 aromatic carbocycles. The Balaban J connectivity index is 1.94. The zero-order valence-corrected chi connectivity index (χ0v) is 11.1. The summed E-state index contributed by atoms with van der Waals surface area (Å²) in [6, 6.07) is 10.8. The van der Waals surface area contributed by atoms with E-state index in [0.29, 0.717) is 20.8 Å². The molecule has 1 heterocycles. The molecule has 0 atom stereocenters. The van der Waals surface area contributed by atoms with E-state index in [1.807, 2.05) is 12.1 Å². The van der Waals surface area contributed by atoms with E-state index in [2.05, 4.69) is 5.32 Å². The van der Waals surface area contributed by atoms with Crippen molar-refractivity contribution in [3.8, 4) is 0 Å².